The molecule has 2 aromatic carbocycles. The predicted molar refractivity (Wildman–Crippen MR) is 110 cm³/mol. The lowest BCUT2D eigenvalue weighted by molar-refractivity contribution is -0.118. The first-order valence-electron chi connectivity index (χ1n) is 8.58. The Morgan fingerprint density at radius 3 is 2.33 bits per heavy atom. The van der Waals surface area contributed by atoms with E-state index in [1.165, 1.54) is 0 Å². The number of hydrogen-bond donors (Lipinski definition) is 3. The third-order valence-corrected chi connectivity index (χ3v) is 3.59. The number of ether oxygens (including phenoxy) is 1. The van der Waals surface area contributed by atoms with Crippen LogP contribution < -0.4 is 21.1 Å². The van der Waals surface area contributed by atoms with Crippen LogP contribution in [0.1, 0.15) is 20.3 Å². The topological polar surface area (TPSA) is 93.5 Å². The molecule has 7 heteroatoms. The molecule has 0 heterocycles. The molecule has 0 bridgehead atoms. The van der Waals surface area contributed by atoms with Gasteiger partial charge in [0.2, 0.25) is 5.91 Å². The maximum Gasteiger partial charge on any atom is 0.262 e. The van der Waals surface area contributed by atoms with Crippen molar-refractivity contribution in [2.75, 3.05) is 17.2 Å². The van der Waals surface area contributed by atoms with Gasteiger partial charge in [0.1, 0.15) is 5.75 Å². The maximum atomic E-state index is 12.1. The van der Waals surface area contributed by atoms with Gasteiger partial charge in [-0.2, -0.15) is 0 Å². The average Bonchev–Trinajstić information content (AvgIpc) is 2.60. The molecule has 0 saturated heterocycles. The normalized spacial score (nSPS) is 11.3. The number of halogens is 1. The van der Waals surface area contributed by atoms with Crippen molar-refractivity contribution in [2.45, 2.75) is 26.3 Å². The highest BCUT2D eigenvalue weighted by molar-refractivity contribution is 5.95. The highest BCUT2D eigenvalue weighted by Gasteiger charge is 2.15. The van der Waals surface area contributed by atoms with Gasteiger partial charge >= 0.3 is 0 Å². The van der Waals surface area contributed by atoms with E-state index in [9.17, 15) is 9.59 Å². The van der Waals surface area contributed by atoms with Crippen LogP contribution in [0.25, 0.3) is 0 Å². The van der Waals surface area contributed by atoms with Crippen LogP contribution in [-0.4, -0.2) is 24.5 Å². The van der Waals surface area contributed by atoms with Gasteiger partial charge in [0.05, 0.1) is 6.04 Å². The van der Waals surface area contributed by atoms with Gasteiger partial charge in [-0.3, -0.25) is 9.59 Å². The molecule has 0 radical (unpaired) electrons. The zero-order valence-corrected chi connectivity index (χ0v) is 16.3. The SMILES string of the molecule is CC(C)C[C@H](N)C(=O)Nc1cccc(OCC(=O)Nc2ccccc2)c1.Cl. The Labute approximate surface area is 165 Å². The first-order chi connectivity index (χ1) is 12.4. The number of nitrogens with two attached hydrogens (primary N) is 1. The molecule has 0 aromatic heterocycles. The van der Waals surface area contributed by atoms with Gasteiger partial charge in [-0.1, -0.05) is 38.1 Å². The van der Waals surface area contributed by atoms with Crippen molar-refractivity contribution in [1.29, 1.82) is 0 Å². The zero-order valence-electron chi connectivity index (χ0n) is 15.5. The monoisotopic (exact) mass is 391 g/mol. The first-order valence-corrected chi connectivity index (χ1v) is 8.58. The summed E-state index contributed by atoms with van der Waals surface area (Å²) in [6, 6.07) is 15.5. The third-order valence-electron chi connectivity index (χ3n) is 3.59. The van der Waals surface area contributed by atoms with Crippen LogP contribution in [-0.2, 0) is 9.59 Å². The number of carbonyl (C=O) groups excluding carboxylic acids is 2. The van der Waals surface area contributed by atoms with E-state index in [1.54, 1.807) is 36.4 Å². The standard InChI is InChI=1S/C20H25N3O3.ClH/c1-14(2)11-18(21)20(25)23-16-9-6-10-17(12-16)26-13-19(24)22-15-7-4-3-5-8-15;/h3-10,12,14,18H,11,13,21H2,1-2H3,(H,22,24)(H,23,25);1H/t18-;/m0./s1. The molecule has 1 atom stereocenters. The highest BCUT2D eigenvalue weighted by Crippen LogP contribution is 2.18. The molecule has 2 aromatic rings. The molecular formula is C20H26ClN3O3. The molecule has 0 unspecified atom stereocenters. The molecule has 0 aliphatic heterocycles. The third kappa shape index (κ3) is 8.11. The van der Waals surface area contributed by atoms with Gasteiger partial charge in [-0.05, 0) is 36.6 Å². The maximum absolute atomic E-state index is 12.1. The molecule has 2 rings (SSSR count). The van der Waals surface area contributed by atoms with E-state index in [4.69, 9.17) is 10.5 Å². The summed E-state index contributed by atoms with van der Waals surface area (Å²) in [6.07, 6.45) is 0.613. The van der Waals surface area contributed by atoms with Gasteiger partial charge in [0, 0.05) is 17.4 Å². The Hall–Kier alpha value is -2.57. The molecule has 27 heavy (non-hydrogen) atoms. The number of amides is 2. The van der Waals surface area contributed by atoms with Crippen molar-refractivity contribution < 1.29 is 14.3 Å². The second-order valence-electron chi connectivity index (χ2n) is 6.46. The van der Waals surface area contributed by atoms with Crippen molar-refractivity contribution >= 4 is 35.6 Å². The van der Waals surface area contributed by atoms with Crippen LogP contribution >= 0.6 is 12.4 Å². The Balaban J connectivity index is 0.00000364. The Morgan fingerprint density at radius 1 is 1.00 bits per heavy atom. The molecule has 0 fully saturated rings. The van der Waals surface area contributed by atoms with E-state index < -0.39 is 6.04 Å². The minimum atomic E-state index is -0.559. The lowest BCUT2D eigenvalue weighted by Crippen LogP contribution is -2.36. The smallest absolute Gasteiger partial charge is 0.262 e. The molecule has 6 nitrogen and oxygen atoms in total. The summed E-state index contributed by atoms with van der Waals surface area (Å²) < 4.78 is 5.49. The number of nitrogens with one attached hydrogen (secondary N) is 2. The predicted octanol–water partition coefficient (Wildman–Crippen LogP) is 3.44. The van der Waals surface area contributed by atoms with Gasteiger partial charge < -0.3 is 21.1 Å². The van der Waals surface area contributed by atoms with Crippen molar-refractivity contribution in [2.24, 2.45) is 11.7 Å². The number of hydrogen-bond acceptors (Lipinski definition) is 4. The van der Waals surface area contributed by atoms with Crippen LogP contribution in [0, 0.1) is 5.92 Å². The fourth-order valence-electron chi connectivity index (χ4n) is 2.38. The van der Waals surface area contributed by atoms with Gasteiger partial charge in [-0.25, -0.2) is 0 Å². The largest absolute Gasteiger partial charge is 0.484 e. The summed E-state index contributed by atoms with van der Waals surface area (Å²) in [4.78, 5) is 24.0. The van der Waals surface area contributed by atoms with Gasteiger partial charge in [0.25, 0.3) is 5.91 Å². The molecule has 0 aliphatic rings. The molecule has 4 N–H and O–H groups in total. The fourth-order valence-corrected chi connectivity index (χ4v) is 2.38. The van der Waals surface area contributed by atoms with Gasteiger partial charge in [0.15, 0.2) is 6.61 Å². The number of benzene rings is 2. The molecular weight excluding hydrogens is 366 g/mol. The van der Waals surface area contributed by atoms with E-state index in [-0.39, 0.29) is 30.8 Å². The van der Waals surface area contributed by atoms with E-state index in [1.807, 2.05) is 32.0 Å². The molecule has 146 valence electrons. The van der Waals surface area contributed by atoms with Crippen LogP contribution in [0.3, 0.4) is 0 Å². The highest BCUT2D eigenvalue weighted by atomic mass is 35.5. The number of carbonyl (C=O) groups is 2. The average molecular weight is 392 g/mol. The zero-order chi connectivity index (χ0) is 18.9. The minimum Gasteiger partial charge on any atom is -0.484 e. The van der Waals surface area contributed by atoms with Crippen molar-refractivity contribution in [3.05, 3.63) is 54.6 Å². The number of para-hydroxylation sites is 1. The summed E-state index contributed by atoms with van der Waals surface area (Å²) in [5, 5.41) is 5.51. The van der Waals surface area contributed by atoms with Crippen molar-refractivity contribution in [1.82, 2.24) is 0 Å². The quantitative estimate of drug-likeness (QED) is 0.642. The number of anilines is 2. The van der Waals surface area contributed by atoms with Gasteiger partial charge in [-0.15, -0.1) is 12.4 Å². The van der Waals surface area contributed by atoms with Crippen LogP contribution in [0.5, 0.6) is 5.75 Å². The Kier molecular flexibility index (Phi) is 9.33. The summed E-state index contributed by atoms with van der Waals surface area (Å²) >= 11 is 0. The van der Waals surface area contributed by atoms with Crippen LogP contribution in [0.2, 0.25) is 0 Å². The first kappa shape index (κ1) is 22.5. The lowest BCUT2D eigenvalue weighted by atomic mass is 10.0. The van der Waals surface area contributed by atoms with Crippen LogP contribution in [0.4, 0.5) is 11.4 Å². The Morgan fingerprint density at radius 2 is 1.67 bits per heavy atom. The summed E-state index contributed by atoms with van der Waals surface area (Å²) in [6.45, 7) is 3.91. The fraction of sp³-hybridized carbons (Fsp3) is 0.300. The lowest BCUT2D eigenvalue weighted by Gasteiger charge is -2.14. The molecule has 2 amide bonds. The second kappa shape index (κ2) is 11.2. The van der Waals surface area contributed by atoms with E-state index in [0.29, 0.717) is 29.5 Å². The van der Waals surface area contributed by atoms with Crippen molar-refractivity contribution in [3.63, 3.8) is 0 Å². The molecule has 0 spiro atoms. The summed E-state index contributed by atoms with van der Waals surface area (Å²) in [7, 11) is 0. The molecule has 0 saturated carbocycles. The van der Waals surface area contributed by atoms with E-state index in [0.717, 1.165) is 0 Å². The number of rotatable bonds is 8. The minimum absolute atomic E-state index is 0. The van der Waals surface area contributed by atoms with Crippen LogP contribution in [0.15, 0.2) is 54.6 Å². The van der Waals surface area contributed by atoms with E-state index in [2.05, 4.69) is 10.6 Å². The van der Waals surface area contributed by atoms with Crippen molar-refractivity contribution in [3.8, 4) is 5.75 Å². The van der Waals surface area contributed by atoms with E-state index >= 15 is 0 Å². The Bertz CT molecular complexity index is 738. The molecule has 0 aliphatic carbocycles. The summed E-state index contributed by atoms with van der Waals surface area (Å²) in [5.74, 6) is 0.333. The second-order valence-corrected chi connectivity index (χ2v) is 6.46. The summed E-state index contributed by atoms with van der Waals surface area (Å²) in [5.41, 5.74) is 7.17.